The number of aryl methyl sites for hydroxylation is 1. The number of rotatable bonds is 2. The molecule has 0 atom stereocenters. The molecule has 1 aliphatic carbocycles. The molecule has 4 rings (SSSR count). The first kappa shape index (κ1) is 14.8. The number of pyridine rings is 1. The van der Waals surface area contributed by atoms with E-state index in [1.54, 1.807) is 25.3 Å². The van der Waals surface area contributed by atoms with Gasteiger partial charge in [-0.05, 0) is 25.8 Å². The third-order valence-corrected chi connectivity index (χ3v) is 4.74. The average molecular weight is 337 g/mol. The van der Waals surface area contributed by atoms with E-state index in [1.165, 1.54) is 0 Å². The summed E-state index contributed by atoms with van der Waals surface area (Å²) in [7, 11) is 0. The molecule has 23 heavy (non-hydrogen) atoms. The van der Waals surface area contributed by atoms with Crippen LogP contribution in [0, 0.1) is 6.92 Å². The SMILES string of the molecule is Cc1cc(N2CC3(CC3)c3cnc(Cl)cc32)nc(C(C)(F)F)n1. The monoisotopic (exact) mass is 336 g/mol. The Labute approximate surface area is 137 Å². The third kappa shape index (κ3) is 2.36. The summed E-state index contributed by atoms with van der Waals surface area (Å²) >= 11 is 6.03. The number of hydrogen-bond donors (Lipinski definition) is 0. The zero-order valence-electron chi connectivity index (χ0n) is 12.8. The summed E-state index contributed by atoms with van der Waals surface area (Å²) in [5.74, 6) is -3.04. The Morgan fingerprint density at radius 1 is 1.26 bits per heavy atom. The first-order valence-electron chi connectivity index (χ1n) is 7.46. The number of halogens is 3. The van der Waals surface area contributed by atoms with Crippen LogP contribution in [0.4, 0.5) is 20.3 Å². The van der Waals surface area contributed by atoms with Gasteiger partial charge in [0, 0.05) is 42.4 Å². The van der Waals surface area contributed by atoms with Gasteiger partial charge >= 0.3 is 5.92 Å². The average Bonchev–Trinajstić information content (AvgIpc) is 3.16. The minimum Gasteiger partial charge on any atom is -0.325 e. The van der Waals surface area contributed by atoms with Crippen LogP contribution in [0.1, 0.15) is 36.8 Å². The summed E-state index contributed by atoms with van der Waals surface area (Å²) in [5.41, 5.74) is 2.62. The molecule has 0 radical (unpaired) electrons. The van der Waals surface area contributed by atoms with Gasteiger partial charge in [-0.3, -0.25) is 0 Å². The summed E-state index contributed by atoms with van der Waals surface area (Å²) in [6, 6.07) is 3.51. The van der Waals surface area contributed by atoms with Crippen molar-refractivity contribution >= 4 is 23.1 Å². The molecule has 2 aromatic heterocycles. The molecule has 2 aliphatic rings. The van der Waals surface area contributed by atoms with Crippen molar-refractivity contribution in [1.29, 1.82) is 0 Å². The van der Waals surface area contributed by atoms with Crippen LogP contribution >= 0.6 is 11.6 Å². The molecular formula is C16H15ClF2N4. The number of hydrogen-bond acceptors (Lipinski definition) is 4. The van der Waals surface area contributed by atoms with Gasteiger partial charge in [0.15, 0.2) is 0 Å². The highest BCUT2D eigenvalue weighted by molar-refractivity contribution is 6.29. The third-order valence-electron chi connectivity index (χ3n) is 4.54. The fraction of sp³-hybridized carbons (Fsp3) is 0.438. The Kier molecular flexibility index (Phi) is 2.95. The van der Waals surface area contributed by atoms with E-state index in [-0.39, 0.29) is 5.41 Å². The molecule has 3 heterocycles. The number of fused-ring (bicyclic) bond motifs is 2. The summed E-state index contributed by atoms with van der Waals surface area (Å²) < 4.78 is 27.3. The minimum absolute atomic E-state index is 0.0701. The van der Waals surface area contributed by atoms with Gasteiger partial charge in [-0.25, -0.2) is 15.0 Å². The first-order valence-corrected chi connectivity index (χ1v) is 7.84. The molecule has 2 aromatic rings. The maximum absolute atomic E-state index is 13.7. The van der Waals surface area contributed by atoms with Gasteiger partial charge in [-0.15, -0.1) is 0 Å². The largest absolute Gasteiger partial charge is 0.325 e. The van der Waals surface area contributed by atoms with Gasteiger partial charge in [0.25, 0.3) is 0 Å². The normalized spacial score (nSPS) is 18.4. The molecule has 1 saturated carbocycles. The second-order valence-corrected chi connectivity index (χ2v) is 6.86. The summed E-state index contributed by atoms with van der Waals surface area (Å²) in [6.45, 7) is 3.23. The van der Waals surface area contributed by atoms with Crippen LogP contribution in [0.5, 0.6) is 0 Å². The molecule has 0 saturated heterocycles. The Balaban J connectivity index is 1.84. The quantitative estimate of drug-likeness (QED) is 0.773. The van der Waals surface area contributed by atoms with Gasteiger partial charge in [0.1, 0.15) is 11.0 Å². The van der Waals surface area contributed by atoms with Gasteiger partial charge < -0.3 is 4.90 Å². The van der Waals surface area contributed by atoms with Crippen molar-refractivity contribution in [2.45, 2.75) is 38.0 Å². The zero-order valence-corrected chi connectivity index (χ0v) is 13.5. The predicted molar refractivity (Wildman–Crippen MR) is 83.5 cm³/mol. The lowest BCUT2D eigenvalue weighted by Gasteiger charge is -2.21. The maximum Gasteiger partial charge on any atom is 0.303 e. The van der Waals surface area contributed by atoms with E-state index in [0.717, 1.165) is 37.6 Å². The zero-order chi connectivity index (χ0) is 16.4. The summed E-state index contributed by atoms with van der Waals surface area (Å²) in [5, 5.41) is 0.387. The second kappa shape index (κ2) is 4.60. The van der Waals surface area contributed by atoms with E-state index >= 15 is 0 Å². The number of anilines is 2. The molecular weight excluding hydrogens is 322 g/mol. The van der Waals surface area contributed by atoms with Crippen molar-refractivity contribution in [2.24, 2.45) is 0 Å². The topological polar surface area (TPSA) is 41.9 Å². The standard InChI is InChI=1S/C16H15ClF2N4/c1-9-5-13(22-14(21-9)15(2,18)19)23-8-16(3-4-16)10-7-20-12(17)6-11(10)23/h5-7H,3-4,8H2,1-2H3. The van der Waals surface area contributed by atoms with E-state index in [4.69, 9.17) is 11.6 Å². The lowest BCUT2D eigenvalue weighted by molar-refractivity contribution is 0.00762. The smallest absolute Gasteiger partial charge is 0.303 e. The van der Waals surface area contributed by atoms with E-state index in [9.17, 15) is 8.78 Å². The summed E-state index contributed by atoms with van der Waals surface area (Å²) in [4.78, 5) is 14.1. The fourth-order valence-electron chi connectivity index (χ4n) is 3.19. The molecule has 0 aromatic carbocycles. The van der Waals surface area contributed by atoms with Crippen LogP contribution in [0.3, 0.4) is 0 Å². The molecule has 4 nitrogen and oxygen atoms in total. The Morgan fingerprint density at radius 3 is 2.65 bits per heavy atom. The molecule has 1 fully saturated rings. The molecule has 1 spiro atoms. The first-order chi connectivity index (χ1) is 10.8. The molecule has 0 unspecified atom stereocenters. The van der Waals surface area contributed by atoms with E-state index < -0.39 is 11.7 Å². The highest BCUT2D eigenvalue weighted by Crippen LogP contribution is 2.57. The summed E-state index contributed by atoms with van der Waals surface area (Å²) in [6.07, 6.45) is 3.94. The number of aromatic nitrogens is 3. The molecule has 0 amide bonds. The number of alkyl halides is 2. The van der Waals surface area contributed by atoms with E-state index in [0.29, 0.717) is 16.7 Å². The molecule has 0 N–H and O–H groups in total. The van der Waals surface area contributed by atoms with Gasteiger partial charge in [0.2, 0.25) is 5.82 Å². The fourth-order valence-corrected chi connectivity index (χ4v) is 3.35. The van der Waals surface area contributed by atoms with Crippen molar-refractivity contribution in [3.8, 4) is 0 Å². The van der Waals surface area contributed by atoms with Crippen LogP contribution in [-0.4, -0.2) is 21.5 Å². The van der Waals surface area contributed by atoms with Gasteiger partial charge in [-0.2, -0.15) is 8.78 Å². The van der Waals surface area contributed by atoms with Gasteiger partial charge in [-0.1, -0.05) is 11.6 Å². The number of nitrogens with zero attached hydrogens (tertiary/aromatic N) is 4. The Hall–Kier alpha value is -1.82. The van der Waals surface area contributed by atoms with Gasteiger partial charge in [0.05, 0.1) is 5.69 Å². The second-order valence-electron chi connectivity index (χ2n) is 6.47. The van der Waals surface area contributed by atoms with Crippen molar-refractivity contribution in [3.63, 3.8) is 0 Å². The maximum atomic E-state index is 13.7. The van der Waals surface area contributed by atoms with Crippen LogP contribution in [-0.2, 0) is 11.3 Å². The molecule has 120 valence electrons. The van der Waals surface area contributed by atoms with E-state index in [1.807, 2.05) is 4.90 Å². The molecule has 7 heteroatoms. The van der Waals surface area contributed by atoms with Crippen molar-refractivity contribution < 1.29 is 8.78 Å². The Bertz CT molecular complexity index is 799. The minimum atomic E-state index is -3.07. The van der Waals surface area contributed by atoms with Crippen LogP contribution < -0.4 is 4.90 Å². The highest BCUT2D eigenvalue weighted by atomic mass is 35.5. The van der Waals surface area contributed by atoms with Crippen LogP contribution in [0.2, 0.25) is 5.15 Å². The van der Waals surface area contributed by atoms with Crippen molar-refractivity contribution in [3.05, 3.63) is 40.6 Å². The molecule has 0 bridgehead atoms. The Morgan fingerprint density at radius 2 is 2.00 bits per heavy atom. The molecule has 1 aliphatic heterocycles. The lowest BCUT2D eigenvalue weighted by atomic mass is 10.0. The van der Waals surface area contributed by atoms with Crippen LogP contribution in [0.15, 0.2) is 18.3 Å². The van der Waals surface area contributed by atoms with E-state index in [2.05, 4.69) is 15.0 Å². The predicted octanol–water partition coefficient (Wildman–Crippen LogP) is 4.13. The van der Waals surface area contributed by atoms with Crippen LogP contribution in [0.25, 0.3) is 0 Å². The highest BCUT2D eigenvalue weighted by Gasteiger charge is 2.52. The lowest BCUT2D eigenvalue weighted by Crippen LogP contribution is -2.22. The van der Waals surface area contributed by atoms with Crippen molar-refractivity contribution in [1.82, 2.24) is 15.0 Å². The van der Waals surface area contributed by atoms with Crippen molar-refractivity contribution in [2.75, 3.05) is 11.4 Å².